The van der Waals surface area contributed by atoms with Crippen molar-refractivity contribution >= 4 is 22.9 Å². The lowest BCUT2D eigenvalue weighted by Gasteiger charge is -2.20. The number of ether oxygens (including phenoxy) is 2. The van der Waals surface area contributed by atoms with Crippen LogP contribution in [-0.2, 0) is 16.0 Å². The molecule has 12 heteroatoms. The highest BCUT2D eigenvalue weighted by Gasteiger charge is 2.45. The van der Waals surface area contributed by atoms with E-state index < -0.39 is 30.9 Å². The van der Waals surface area contributed by atoms with Gasteiger partial charge in [-0.1, -0.05) is 0 Å². The summed E-state index contributed by atoms with van der Waals surface area (Å²) in [6.45, 7) is 0.356. The van der Waals surface area contributed by atoms with Gasteiger partial charge in [0, 0.05) is 26.9 Å². The number of fused-ring (bicyclic) bond motifs is 1. The molecule has 0 radical (unpaired) electrons. The van der Waals surface area contributed by atoms with Gasteiger partial charge in [-0.3, -0.25) is 4.57 Å². The smallest absolute Gasteiger partial charge is 0.224 e. The fourth-order valence-corrected chi connectivity index (χ4v) is 3.37. The Hall–Kier alpha value is -2.80. The van der Waals surface area contributed by atoms with E-state index >= 15 is 0 Å². The molecule has 1 aliphatic heterocycles. The molecule has 0 amide bonds. The number of hydrogen-bond donors (Lipinski definition) is 4. The van der Waals surface area contributed by atoms with E-state index in [0.717, 1.165) is 0 Å². The van der Waals surface area contributed by atoms with Crippen LogP contribution in [0.15, 0.2) is 25.0 Å². The van der Waals surface area contributed by atoms with Crippen molar-refractivity contribution in [3.63, 3.8) is 0 Å². The highest BCUT2D eigenvalue weighted by atomic mass is 16.6. The molecule has 0 bridgehead atoms. The second-order valence-electron chi connectivity index (χ2n) is 6.71. The van der Waals surface area contributed by atoms with Crippen LogP contribution in [0, 0.1) is 0 Å². The zero-order chi connectivity index (χ0) is 21.3. The third-order valence-corrected chi connectivity index (χ3v) is 4.79. The first kappa shape index (κ1) is 18.2. The van der Waals surface area contributed by atoms with Crippen molar-refractivity contribution < 1.29 is 21.1 Å². The molecule has 1 aliphatic rings. The summed E-state index contributed by atoms with van der Waals surface area (Å²) in [6, 6.07) is 0. The Morgan fingerprint density at radius 3 is 2.93 bits per heavy atom. The minimum atomic E-state index is -1.13. The summed E-state index contributed by atoms with van der Waals surface area (Å²) in [5.41, 5.74) is 12.1. The van der Waals surface area contributed by atoms with E-state index in [1.165, 1.54) is 10.9 Å². The van der Waals surface area contributed by atoms with E-state index in [-0.39, 0.29) is 25.0 Å². The van der Waals surface area contributed by atoms with Crippen LogP contribution < -0.4 is 11.5 Å². The molecule has 4 heterocycles. The summed E-state index contributed by atoms with van der Waals surface area (Å²) in [6.07, 6.45) is 3.00. The number of rotatable bonds is 8. The van der Waals surface area contributed by atoms with Crippen LogP contribution in [0.5, 0.6) is 0 Å². The fourth-order valence-electron chi connectivity index (χ4n) is 3.37. The van der Waals surface area contributed by atoms with E-state index in [9.17, 15) is 10.2 Å². The Morgan fingerprint density at radius 1 is 1.31 bits per heavy atom. The maximum atomic E-state index is 10.8. The lowest BCUT2D eigenvalue weighted by Crippen LogP contribution is -2.36. The molecule has 0 aromatic carbocycles. The van der Waals surface area contributed by atoms with Crippen LogP contribution in [0.25, 0.3) is 11.2 Å². The van der Waals surface area contributed by atoms with E-state index in [1.807, 2.05) is 10.8 Å². The molecule has 0 spiro atoms. The molecule has 3 aromatic heterocycles. The number of nitrogens with zero attached hydrogens (tertiary/aromatic N) is 6. The molecule has 2 unspecified atom stereocenters. The lowest BCUT2D eigenvalue weighted by molar-refractivity contribution is -0.0609. The molecule has 0 aliphatic carbocycles. The highest BCUT2D eigenvalue weighted by Crippen LogP contribution is 2.33. The van der Waals surface area contributed by atoms with E-state index in [0.29, 0.717) is 24.1 Å². The predicted molar refractivity (Wildman–Crippen MR) is 102 cm³/mol. The van der Waals surface area contributed by atoms with Crippen molar-refractivity contribution in [1.29, 1.82) is 0 Å². The molecule has 1 fully saturated rings. The number of aromatic nitrogens is 6. The summed E-state index contributed by atoms with van der Waals surface area (Å²) in [5, 5.41) is 20.5. The number of hydrogen-bond acceptors (Lipinski definition) is 10. The molecule has 12 nitrogen and oxygen atoms in total. The fraction of sp³-hybridized carbons (Fsp3) is 0.529. The quantitative estimate of drug-likeness (QED) is 0.375. The molecule has 6 N–H and O–H groups in total. The van der Waals surface area contributed by atoms with Crippen molar-refractivity contribution in [3.05, 3.63) is 25.0 Å². The Morgan fingerprint density at radius 2 is 2.17 bits per heavy atom. The largest absolute Gasteiger partial charge is 0.394 e. The summed E-state index contributed by atoms with van der Waals surface area (Å²) < 4.78 is 23.1. The van der Waals surface area contributed by atoms with Crippen LogP contribution in [-0.4, -0.2) is 70.8 Å². The van der Waals surface area contributed by atoms with Gasteiger partial charge in [0.05, 0.1) is 19.3 Å². The Bertz CT molecular complexity index is 984. The molecule has 29 heavy (non-hydrogen) atoms. The van der Waals surface area contributed by atoms with E-state index in [1.54, 1.807) is 12.5 Å². The molecule has 1 saturated heterocycles. The third-order valence-electron chi connectivity index (χ3n) is 4.79. The molecular formula is C17H24N8O4. The number of aliphatic hydroxyl groups is 2. The van der Waals surface area contributed by atoms with Crippen molar-refractivity contribution in [2.24, 2.45) is 0 Å². The van der Waals surface area contributed by atoms with Crippen LogP contribution in [0.4, 0.5) is 11.8 Å². The van der Waals surface area contributed by atoms with Crippen LogP contribution in [0.1, 0.15) is 20.4 Å². The standard InChI is InChI=1S/C17H24N8O4/c18-14-11-15(23-17(19)22-14)25(9-21-11)16-12(27)13(10(7-26)29-16)28-6-2-1-4-24-5-3-20-8-24/h3,5,8-10,12-13,16,26-27H,1-2,4,6-7H2,(H4,18,19,22,23)/t10-,12-,13-,16?/m1/s1/i2D/t2?,10-,12-,13-,16?. The first-order valence-corrected chi connectivity index (χ1v) is 9.17. The van der Waals surface area contributed by atoms with Gasteiger partial charge in [-0.25, -0.2) is 9.97 Å². The zero-order valence-corrected chi connectivity index (χ0v) is 15.6. The third kappa shape index (κ3) is 3.87. The maximum Gasteiger partial charge on any atom is 0.224 e. The minimum Gasteiger partial charge on any atom is -0.394 e. The highest BCUT2D eigenvalue weighted by molar-refractivity contribution is 5.82. The maximum absolute atomic E-state index is 10.8. The van der Waals surface area contributed by atoms with Crippen molar-refractivity contribution in [1.82, 2.24) is 29.1 Å². The molecule has 5 atom stereocenters. The van der Waals surface area contributed by atoms with E-state index in [2.05, 4.69) is 19.9 Å². The first-order valence-electron chi connectivity index (χ1n) is 9.75. The average molecular weight is 405 g/mol. The first-order chi connectivity index (χ1) is 14.5. The monoisotopic (exact) mass is 405 g/mol. The van der Waals surface area contributed by atoms with Crippen molar-refractivity contribution in [2.75, 3.05) is 24.7 Å². The SMILES string of the molecule is [2H]C(CCn1ccnc1)CO[C@@H]1[C@@H](CO)OC(n2cnc3c(N)nc(N)nc32)[C@@H]1O. The Balaban J connectivity index is 1.44. The van der Waals surface area contributed by atoms with Gasteiger partial charge >= 0.3 is 0 Å². The summed E-state index contributed by atoms with van der Waals surface area (Å²) in [4.78, 5) is 16.1. The molecule has 3 aromatic rings. The van der Waals surface area contributed by atoms with Gasteiger partial charge in [0.2, 0.25) is 5.95 Å². The minimum absolute atomic E-state index is 0.0318. The van der Waals surface area contributed by atoms with Crippen LogP contribution >= 0.6 is 0 Å². The molecule has 4 rings (SSSR count). The predicted octanol–water partition coefficient (Wildman–Crippen LogP) is -0.697. The van der Waals surface area contributed by atoms with Gasteiger partial charge in [0.1, 0.15) is 23.8 Å². The molecule has 0 saturated carbocycles. The van der Waals surface area contributed by atoms with Gasteiger partial charge in [-0.05, 0) is 12.8 Å². The number of anilines is 2. The zero-order valence-electron chi connectivity index (χ0n) is 16.6. The summed E-state index contributed by atoms with van der Waals surface area (Å²) >= 11 is 0. The van der Waals surface area contributed by atoms with Crippen molar-refractivity contribution in [2.45, 2.75) is 43.9 Å². The molecule has 156 valence electrons. The van der Waals surface area contributed by atoms with Gasteiger partial charge in [0.25, 0.3) is 0 Å². The Kier molecular flexibility index (Phi) is 5.21. The van der Waals surface area contributed by atoms with Gasteiger partial charge in [-0.2, -0.15) is 9.97 Å². The lowest BCUT2D eigenvalue weighted by atomic mass is 10.1. The topological polar surface area (TPSA) is 172 Å². The number of imidazole rings is 2. The number of nitrogen functional groups attached to an aromatic ring is 2. The summed E-state index contributed by atoms with van der Waals surface area (Å²) in [5.74, 6) is 0.0841. The average Bonchev–Trinajstić information content (AvgIpc) is 3.44. The van der Waals surface area contributed by atoms with E-state index in [4.69, 9.17) is 22.3 Å². The van der Waals surface area contributed by atoms with Crippen molar-refractivity contribution in [3.8, 4) is 0 Å². The number of aryl methyl sites for hydroxylation is 1. The Labute approximate surface area is 167 Å². The summed E-state index contributed by atoms with van der Waals surface area (Å²) in [7, 11) is 0. The van der Waals surface area contributed by atoms with Crippen LogP contribution in [0.3, 0.4) is 0 Å². The van der Waals surface area contributed by atoms with Gasteiger partial charge < -0.3 is 35.7 Å². The second-order valence-corrected chi connectivity index (χ2v) is 6.71. The molecular weight excluding hydrogens is 380 g/mol. The normalized spacial score (nSPS) is 26.1. The van der Waals surface area contributed by atoms with Crippen LogP contribution in [0.2, 0.25) is 0 Å². The second kappa shape index (κ2) is 8.29. The number of aliphatic hydroxyl groups excluding tert-OH is 2. The van der Waals surface area contributed by atoms with Gasteiger partial charge in [-0.15, -0.1) is 0 Å². The number of nitrogens with two attached hydrogens (primary N) is 2. The van der Waals surface area contributed by atoms with Gasteiger partial charge in [0.15, 0.2) is 17.7 Å².